The second kappa shape index (κ2) is 10.5. The Hall–Kier alpha value is -3.36. The number of anilines is 1. The number of carbonyl (C=O) groups excluding carboxylic acids is 2. The molecular formula is C24H22ClN5O2S. The maximum Gasteiger partial charge on any atom is 0.251 e. The molecule has 0 bridgehead atoms. The van der Waals surface area contributed by atoms with Crippen molar-refractivity contribution < 1.29 is 9.59 Å². The van der Waals surface area contributed by atoms with Gasteiger partial charge >= 0.3 is 0 Å². The summed E-state index contributed by atoms with van der Waals surface area (Å²) in [6.07, 6.45) is 0. The van der Waals surface area contributed by atoms with Gasteiger partial charge in [-0.1, -0.05) is 65.8 Å². The molecule has 0 spiro atoms. The number of amides is 2. The molecule has 33 heavy (non-hydrogen) atoms. The Bertz CT molecular complexity index is 1300. The number of nitrogens with one attached hydrogen (secondary N) is 2. The number of thioether (sulfide) groups is 1. The van der Waals surface area contributed by atoms with Gasteiger partial charge in [0.05, 0.1) is 12.3 Å². The van der Waals surface area contributed by atoms with E-state index in [0.29, 0.717) is 28.1 Å². The highest BCUT2D eigenvalue weighted by molar-refractivity contribution is 7.99. The third kappa shape index (κ3) is 5.53. The quantitative estimate of drug-likeness (QED) is 0.355. The second-order valence-corrected chi connectivity index (χ2v) is 8.58. The van der Waals surface area contributed by atoms with Crippen molar-refractivity contribution in [3.63, 3.8) is 0 Å². The van der Waals surface area contributed by atoms with Crippen LogP contribution in [0.3, 0.4) is 0 Å². The standard InChI is InChI=1S/C24H22ClN5O2S/c1-2-30-21(14-26-23(32)17-9-5-10-18(25)13-17)28-29-24(30)33-15-22(31)27-20-12-6-8-16-7-3-4-11-19(16)20/h3-13H,2,14-15H2,1H3,(H,26,32)(H,27,31). The van der Waals surface area contributed by atoms with E-state index in [1.165, 1.54) is 11.8 Å². The summed E-state index contributed by atoms with van der Waals surface area (Å²) < 4.78 is 1.88. The fourth-order valence-corrected chi connectivity index (χ4v) is 4.43. The summed E-state index contributed by atoms with van der Waals surface area (Å²) in [6, 6.07) is 20.5. The normalized spacial score (nSPS) is 10.8. The molecule has 0 radical (unpaired) electrons. The van der Waals surface area contributed by atoms with Crippen molar-refractivity contribution in [1.82, 2.24) is 20.1 Å². The molecule has 0 aliphatic rings. The minimum atomic E-state index is -0.244. The fraction of sp³-hybridized carbons (Fsp3) is 0.167. The fourth-order valence-electron chi connectivity index (χ4n) is 3.42. The third-order valence-electron chi connectivity index (χ3n) is 5.00. The lowest BCUT2D eigenvalue weighted by atomic mass is 10.1. The van der Waals surface area contributed by atoms with Gasteiger partial charge in [0.15, 0.2) is 11.0 Å². The van der Waals surface area contributed by atoms with Crippen LogP contribution >= 0.6 is 23.4 Å². The summed E-state index contributed by atoms with van der Waals surface area (Å²) in [5.41, 5.74) is 1.25. The summed E-state index contributed by atoms with van der Waals surface area (Å²) in [7, 11) is 0. The SMILES string of the molecule is CCn1c(CNC(=O)c2cccc(Cl)c2)nnc1SCC(=O)Nc1cccc2ccccc12. The number of nitrogens with zero attached hydrogens (tertiary/aromatic N) is 3. The van der Waals surface area contributed by atoms with Crippen LogP contribution in [0.1, 0.15) is 23.1 Å². The van der Waals surface area contributed by atoms with E-state index in [2.05, 4.69) is 20.8 Å². The molecular weight excluding hydrogens is 458 g/mol. The van der Waals surface area contributed by atoms with Gasteiger partial charge in [0.1, 0.15) is 0 Å². The Balaban J connectivity index is 1.37. The molecule has 0 saturated heterocycles. The Kier molecular flexibility index (Phi) is 7.26. The van der Waals surface area contributed by atoms with Crippen LogP contribution in [0.4, 0.5) is 5.69 Å². The van der Waals surface area contributed by atoms with E-state index < -0.39 is 0 Å². The van der Waals surface area contributed by atoms with Crippen molar-refractivity contribution in [3.05, 3.63) is 83.1 Å². The number of aromatic nitrogens is 3. The predicted octanol–water partition coefficient (Wildman–Crippen LogP) is 4.77. The topological polar surface area (TPSA) is 88.9 Å². The van der Waals surface area contributed by atoms with E-state index in [1.54, 1.807) is 24.3 Å². The van der Waals surface area contributed by atoms with Gasteiger partial charge in [0.2, 0.25) is 5.91 Å². The van der Waals surface area contributed by atoms with Crippen LogP contribution in [0.2, 0.25) is 5.02 Å². The van der Waals surface area contributed by atoms with E-state index in [0.717, 1.165) is 16.5 Å². The lowest BCUT2D eigenvalue weighted by Gasteiger charge is -2.10. The number of benzene rings is 3. The molecule has 168 valence electrons. The molecule has 2 amide bonds. The molecule has 1 aromatic heterocycles. The Morgan fingerprint density at radius 1 is 1.03 bits per heavy atom. The van der Waals surface area contributed by atoms with Crippen molar-refractivity contribution >= 4 is 51.6 Å². The molecule has 0 saturated carbocycles. The number of fused-ring (bicyclic) bond motifs is 1. The summed E-state index contributed by atoms with van der Waals surface area (Å²) in [4.78, 5) is 25.0. The monoisotopic (exact) mass is 479 g/mol. The van der Waals surface area contributed by atoms with Crippen molar-refractivity contribution in [2.45, 2.75) is 25.2 Å². The van der Waals surface area contributed by atoms with Crippen LogP contribution in [-0.4, -0.2) is 32.3 Å². The van der Waals surface area contributed by atoms with Gasteiger partial charge in [-0.3, -0.25) is 9.59 Å². The van der Waals surface area contributed by atoms with Crippen LogP contribution in [-0.2, 0) is 17.9 Å². The predicted molar refractivity (Wildman–Crippen MR) is 132 cm³/mol. The number of hydrogen-bond acceptors (Lipinski definition) is 5. The molecule has 0 fully saturated rings. The maximum atomic E-state index is 12.6. The Morgan fingerprint density at radius 3 is 2.64 bits per heavy atom. The van der Waals surface area contributed by atoms with E-state index in [1.807, 2.05) is 54.0 Å². The van der Waals surface area contributed by atoms with Gasteiger partial charge in [-0.15, -0.1) is 10.2 Å². The maximum absolute atomic E-state index is 12.6. The molecule has 3 aromatic carbocycles. The first-order chi connectivity index (χ1) is 16.0. The third-order valence-corrected chi connectivity index (χ3v) is 6.20. The number of hydrogen-bond donors (Lipinski definition) is 2. The van der Waals surface area contributed by atoms with Crippen molar-refractivity contribution in [3.8, 4) is 0 Å². The van der Waals surface area contributed by atoms with Crippen LogP contribution < -0.4 is 10.6 Å². The van der Waals surface area contributed by atoms with Crippen LogP contribution in [0.5, 0.6) is 0 Å². The lowest BCUT2D eigenvalue weighted by molar-refractivity contribution is -0.113. The van der Waals surface area contributed by atoms with Crippen LogP contribution in [0.15, 0.2) is 71.9 Å². The highest BCUT2D eigenvalue weighted by Crippen LogP contribution is 2.24. The Morgan fingerprint density at radius 2 is 1.82 bits per heavy atom. The van der Waals surface area contributed by atoms with Crippen molar-refractivity contribution in [1.29, 1.82) is 0 Å². The zero-order valence-electron chi connectivity index (χ0n) is 17.9. The summed E-state index contributed by atoms with van der Waals surface area (Å²) in [5.74, 6) is 0.436. The molecule has 2 N–H and O–H groups in total. The highest BCUT2D eigenvalue weighted by Gasteiger charge is 2.15. The largest absolute Gasteiger partial charge is 0.345 e. The number of carbonyl (C=O) groups is 2. The minimum Gasteiger partial charge on any atom is -0.345 e. The molecule has 0 unspecified atom stereocenters. The Labute approximate surface area is 200 Å². The number of halogens is 1. The molecule has 0 atom stereocenters. The average Bonchev–Trinajstić information content (AvgIpc) is 3.23. The van der Waals surface area contributed by atoms with E-state index in [-0.39, 0.29) is 24.1 Å². The molecule has 9 heteroatoms. The van der Waals surface area contributed by atoms with Crippen LogP contribution in [0.25, 0.3) is 10.8 Å². The van der Waals surface area contributed by atoms with E-state index >= 15 is 0 Å². The van der Waals surface area contributed by atoms with Gasteiger partial charge in [-0.25, -0.2) is 0 Å². The first-order valence-corrected chi connectivity index (χ1v) is 11.8. The smallest absolute Gasteiger partial charge is 0.251 e. The first-order valence-electron chi connectivity index (χ1n) is 10.4. The molecule has 4 aromatic rings. The summed E-state index contributed by atoms with van der Waals surface area (Å²) >= 11 is 7.26. The molecule has 7 nitrogen and oxygen atoms in total. The van der Waals surface area contributed by atoms with E-state index in [9.17, 15) is 9.59 Å². The van der Waals surface area contributed by atoms with Gasteiger partial charge in [0.25, 0.3) is 5.91 Å². The van der Waals surface area contributed by atoms with Gasteiger partial charge < -0.3 is 15.2 Å². The average molecular weight is 480 g/mol. The minimum absolute atomic E-state index is 0.127. The zero-order chi connectivity index (χ0) is 23.2. The zero-order valence-corrected chi connectivity index (χ0v) is 19.5. The summed E-state index contributed by atoms with van der Waals surface area (Å²) in [6.45, 7) is 2.80. The van der Waals surface area contributed by atoms with Crippen LogP contribution in [0, 0.1) is 0 Å². The number of rotatable bonds is 8. The first kappa shape index (κ1) is 22.8. The molecule has 1 heterocycles. The van der Waals surface area contributed by atoms with Crippen molar-refractivity contribution in [2.24, 2.45) is 0 Å². The second-order valence-electron chi connectivity index (χ2n) is 7.20. The van der Waals surface area contributed by atoms with Crippen molar-refractivity contribution in [2.75, 3.05) is 11.1 Å². The summed E-state index contributed by atoms with van der Waals surface area (Å²) in [5, 5.41) is 17.4. The van der Waals surface area contributed by atoms with Gasteiger partial charge in [0, 0.05) is 28.2 Å². The molecule has 0 aliphatic carbocycles. The van der Waals surface area contributed by atoms with Gasteiger partial charge in [-0.05, 0) is 36.6 Å². The van der Waals surface area contributed by atoms with Gasteiger partial charge in [-0.2, -0.15) is 0 Å². The van der Waals surface area contributed by atoms with E-state index in [4.69, 9.17) is 11.6 Å². The lowest BCUT2D eigenvalue weighted by Crippen LogP contribution is -2.24. The highest BCUT2D eigenvalue weighted by atomic mass is 35.5. The molecule has 0 aliphatic heterocycles. The molecule has 4 rings (SSSR count).